The van der Waals surface area contributed by atoms with Gasteiger partial charge in [-0.15, -0.1) is 0 Å². The van der Waals surface area contributed by atoms with Gasteiger partial charge in [-0.25, -0.2) is 0 Å². The van der Waals surface area contributed by atoms with Crippen LogP contribution < -0.4 is 0 Å². The molecule has 3 aliphatic rings. The number of rotatable bonds is 0. The highest BCUT2D eigenvalue weighted by atomic mass is 14.5. The summed E-state index contributed by atoms with van der Waals surface area (Å²) in [5.41, 5.74) is 1.46. The van der Waals surface area contributed by atoms with Gasteiger partial charge in [0, 0.05) is 5.57 Å². The standard InChI is InChI=1S/C10H13N/c1-10(2)8-4-3-7(6-11)9(10)5-8/h3,8-9H,4-5H2,1-2H3/t8-,9-/m0/s1. The summed E-state index contributed by atoms with van der Waals surface area (Å²) in [5, 5.41) is 8.80. The molecule has 2 bridgehead atoms. The molecule has 0 aromatic carbocycles. The lowest BCUT2D eigenvalue weighted by molar-refractivity contribution is -0.00264. The predicted octanol–water partition coefficient (Wildman–Crippen LogP) is 2.50. The first kappa shape index (κ1) is 6.91. The van der Waals surface area contributed by atoms with E-state index in [1.54, 1.807) is 0 Å². The van der Waals surface area contributed by atoms with Crippen molar-refractivity contribution in [2.24, 2.45) is 17.3 Å². The Balaban J connectivity index is 2.32. The first-order valence-corrected chi connectivity index (χ1v) is 4.26. The lowest BCUT2D eigenvalue weighted by atomic mass is 9.49. The maximum atomic E-state index is 8.80. The molecule has 0 aromatic heterocycles. The highest BCUT2D eigenvalue weighted by molar-refractivity contribution is 5.33. The van der Waals surface area contributed by atoms with Crippen LogP contribution in [0.25, 0.3) is 0 Å². The molecule has 3 aliphatic carbocycles. The van der Waals surface area contributed by atoms with Crippen LogP contribution in [-0.2, 0) is 0 Å². The molecule has 11 heavy (non-hydrogen) atoms. The second-order valence-corrected chi connectivity index (χ2v) is 4.31. The van der Waals surface area contributed by atoms with E-state index >= 15 is 0 Å². The fourth-order valence-corrected chi connectivity index (χ4v) is 2.48. The van der Waals surface area contributed by atoms with E-state index in [0.717, 1.165) is 17.9 Å². The Kier molecular flexibility index (Phi) is 1.18. The molecule has 1 nitrogen and oxygen atoms in total. The number of nitriles is 1. The molecule has 1 saturated carbocycles. The third-order valence-electron chi connectivity index (χ3n) is 3.60. The van der Waals surface area contributed by atoms with Crippen LogP contribution in [0.15, 0.2) is 11.6 Å². The monoisotopic (exact) mass is 147 g/mol. The summed E-state index contributed by atoms with van der Waals surface area (Å²) in [6.45, 7) is 4.58. The molecule has 0 radical (unpaired) electrons. The molecule has 3 rings (SSSR count). The van der Waals surface area contributed by atoms with Crippen molar-refractivity contribution in [1.82, 2.24) is 0 Å². The number of nitrogens with zero attached hydrogens (tertiary/aromatic N) is 1. The van der Waals surface area contributed by atoms with Gasteiger partial charge in [0.05, 0.1) is 6.07 Å². The van der Waals surface area contributed by atoms with Gasteiger partial charge in [-0.2, -0.15) is 5.26 Å². The van der Waals surface area contributed by atoms with Gasteiger partial charge in [-0.05, 0) is 30.1 Å². The lowest BCUT2D eigenvalue weighted by Crippen LogP contribution is -2.47. The van der Waals surface area contributed by atoms with Gasteiger partial charge in [0.25, 0.3) is 0 Å². The molecule has 58 valence electrons. The molecule has 1 heteroatoms. The van der Waals surface area contributed by atoms with Crippen molar-refractivity contribution in [3.05, 3.63) is 11.6 Å². The van der Waals surface area contributed by atoms with Gasteiger partial charge in [-0.1, -0.05) is 19.9 Å². The third kappa shape index (κ3) is 0.701. The average molecular weight is 147 g/mol. The molecule has 0 N–H and O–H groups in total. The normalized spacial score (nSPS) is 38.5. The molecule has 0 aromatic rings. The van der Waals surface area contributed by atoms with Crippen molar-refractivity contribution in [2.45, 2.75) is 26.7 Å². The van der Waals surface area contributed by atoms with E-state index in [1.165, 1.54) is 6.42 Å². The molecule has 0 heterocycles. The Morgan fingerprint density at radius 3 is 2.73 bits per heavy atom. The van der Waals surface area contributed by atoms with Crippen molar-refractivity contribution in [3.8, 4) is 6.07 Å². The van der Waals surface area contributed by atoms with Crippen LogP contribution in [0.3, 0.4) is 0 Å². The SMILES string of the molecule is CC1(C)[C@H]2CC=C(C#N)[C@@H]1C2. The van der Waals surface area contributed by atoms with Crippen molar-refractivity contribution < 1.29 is 0 Å². The Labute approximate surface area is 67.7 Å². The first-order valence-electron chi connectivity index (χ1n) is 4.26. The molecule has 0 aliphatic heterocycles. The molecule has 0 amide bonds. The van der Waals surface area contributed by atoms with Crippen LogP contribution in [0.1, 0.15) is 26.7 Å². The second kappa shape index (κ2) is 1.88. The summed E-state index contributed by atoms with van der Waals surface area (Å²) in [4.78, 5) is 0. The fourth-order valence-electron chi connectivity index (χ4n) is 2.48. The Morgan fingerprint density at radius 1 is 1.64 bits per heavy atom. The van der Waals surface area contributed by atoms with Crippen molar-refractivity contribution in [2.75, 3.05) is 0 Å². The van der Waals surface area contributed by atoms with E-state index in [4.69, 9.17) is 5.26 Å². The highest BCUT2D eigenvalue weighted by Gasteiger charge is 2.51. The van der Waals surface area contributed by atoms with Crippen molar-refractivity contribution in [3.63, 3.8) is 0 Å². The number of allylic oxidation sites excluding steroid dienone is 2. The van der Waals surface area contributed by atoms with Crippen LogP contribution in [0.4, 0.5) is 0 Å². The minimum absolute atomic E-state index is 0.416. The first-order chi connectivity index (χ1) is 5.16. The minimum Gasteiger partial charge on any atom is -0.193 e. The molecule has 1 fully saturated rings. The number of hydrogen-bond acceptors (Lipinski definition) is 1. The van der Waals surface area contributed by atoms with Gasteiger partial charge in [-0.3, -0.25) is 0 Å². The van der Waals surface area contributed by atoms with E-state index in [-0.39, 0.29) is 0 Å². The molecule has 0 unspecified atom stereocenters. The number of hydrogen-bond donors (Lipinski definition) is 0. The van der Waals surface area contributed by atoms with Gasteiger partial charge >= 0.3 is 0 Å². The summed E-state index contributed by atoms with van der Waals surface area (Å²) in [5.74, 6) is 1.43. The Bertz CT molecular complexity index is 255. The minimum atomic E-state index is 0.416. The van der Waals surface area contributed by atoms with Gasteiger partial charge in [0.15, 0.2) is 0 Å². The maximum Gasteiger partial charge on any atom is 0.0946 e. The Hall–Kier alpha value is -0.770. The summed E-state index contributed by atoms with van der Waals surface area (Å²) in [6.07, 6.45) is 4.52. The zero-order valence-corrected chi connectivity index (χ0v) is 7.09. The summed E-state index contributed by atoms with van der Waals surface area (Å²) in [6, 6.07) is 2.31. The quantitative estimate of drug-likeness (QED) is 0.516. The second-order valence-electron chi connectivity index (χ2n) is 4.31. The van der Waals surface area contributed by atoms with Crippen LogP contribution >= 0.6 is 0 Å². The zero-order valence-electron chi connectivity index (χ0n) is 7.09. The van der Waals surface area contributed by atoms with E-state index in [1.807, 2.05) is 0 Å². The third-order valence-corrected chi connectivity index (χ3v) is 3.60. The topological polar surface area (TPSA) is 23.8 Å². The van der Waals surface area contributed by atoms with Crippen LogP contribution in [-0.4, -0.2) is 0 Å². The van der Waals surface area contributed by atoms with Gasteiger partial charge in [0.1, 0.15) is 0 Å². The highest BCUT2D eigenvalue weighted by Crippen LogP contribution is 2.58. The Morgan fingerprint density at radius 2 is 2.36 bits per heavy atom. The fraction of sp³-hybridized carbons (Fsp3) is 0.700. The lowest BCUT2D eigenvalue weighted by Gasteiger charge is -2.55. The predicted molar refractivity (Wildman–Crippen MR) is 43.7 cm³/mol. The molecule has 0 saturated heterocycles. The number of fused-ring (bicyclic) bond motifs is 1. The maximum absolute atomic E-state index is 8.80. The zero-order chi connectivity index (χ0) is 8.06. The summed E-state index contributed by atoms with van der Waals surface area (Å²) < 4.78 is 0. The summed E-state index contributed by atoms with van der Waals surface area (Å²) in [7, 11) is 0. The molecular formula is C10H13N. The van der Waals surface area contributed by atoms with E-state index in [2.05, 4.69) is 26.0 Å². The largest absolute Gasteiger partial charge is 0.193 e. The van der Waals surface area contributed by atoms with Gasteiger partial charge in [0.2, 0.25) is 0 Å². The van der Waals surface area contributed by atoms with E-state index in [0.29, 0.717) is 11.3 Å². The van der Waals surface area contributed by atoms with Gasteiger partial charge < -0.3 is 0 Å². The van der Waals surface area contributed by atoms with E-state index in [9.17, 15) is 0 Å². The van der Waals surface area contributed by atoms with Crippen LogP contribution in [0.5, 0.6) is 0 Å². The van der Waals surface area contributed by atoms with E-state index < -0.39 is 0 Å². The van der Waals surface area contributed by atoms with Crippen molar-refractivity contribution in [1.29, 1.82) is 5.26 Å². The summed E-state index contributed by atoms with van der Waals surface area (Å²) >= 11 is 0. The molecular weight excluding hydrogens is 134 g/mol. The molecule has 0 spiro atoms. The smallest absolute Gasteiger partial charge is 0.0946 e. The van der Waals surface area contributed by atoms with Crippen molar-refractivity contribution >= 4 is 0 Å². The average Bonchev–Trinajstić information content (AvgIpc) is 2.04. The molecule has 2 atom stereocenters. The van der Waals surface area contributed by atoms with Crippen LogP contribution in [0, 0.1) is 28.6 Å². The van der Waals surface area contributed by atoms with Crippen LogP contribution in [0.2, 0.25) is 0 Å².